The third-order valence-electron chi connectivity index (χ3n) is 2.39. The van der Waals surface area contributed by atoms with Gasteiger partial charge in [-0.25, -0.2) is 8.78 Å². The zero-order chi connectivity index (χ0) is 9.14. The molecule has 0 radical (unpaired) electrons. The molecule has 70 valence electrons. The Labute approximate surface area is 72.1 Å². The molecule has 0 saturated heterocycles. The van der Waals surface area contributed by atoms with E-state index >= 15 is 0 Å². The van der Waals surface area contributed by atoms with Gasteiger partial charge in [-0.1, -0.05) is 11.1 Å². The Kier molecular flexibility index (Phi) is 3.20. The minimum absolute atomic E-state index is 0.0787. The highest BCUT2D eigenvalue weighted by molar-refractivity contribution is 5.14. The van der Waals surface area contributed by atoms with Crippen LogP contribution in [0.4, 0.5) is 8.78 Å². The molecule has 1 aliphatic heterocycles. The van der Waals surface area contributed by atoms with E-state index in [1.165, 1.54) is 11.1 Å². The lowest BCUT2D eigenvalue weighted by molar-refractivity contribution is 0.0906. The monoisotopic (exact) mass is 175 g/mol. The van der Waals surface area contributed by atoms with Gasteiger partial charge in [0, 0.05) is 13.1 Å². The van der Waals surface area contributed by atoms with Crippen molar-refractivity contribution >= 4 is 0 Å². The van der Waals surface area contributed by atoms with Crippen molar-refractivity contribution < 1.29 is 8.78 Å². The number of nitrogens with zero attached hydrogens (tertiary/aromatic N) is 1. The summed E-state index contributed by atoms with van der Waals surface area (Å²) in [5.74, 6) is 0. The van der Waals surface area contributed by atoms with Crippen LogP contribution in [-0.4, -0.2) is 31.0 Å². The Bertz CT molecular complexity index is 187. The zero-order valence-corrected chi connectivity index (χ0v) is 7.61. The Balaban J connectivity index is 2.44. The van der Waals surface area contributed by atoms with E-state index in [1.54, 1.807) is 0 Å². The maximum absolute atomic E-state index is 12.0. The van der Waals surface area contributed by atoms with Crippen molar-refractivity contribution in [2.45, 2.75) is 26.7 Å². The van der Waals surface area contributed by atoms with Crippen LogP contribution in [-0.2, 0) is 0 Å². The van der Waals surface area contributed by atoms with Crippen LogP contribution in [0, 0.1) is 0 Å². The highest BCUT2D eigenvalue weighted by Crippen LogP contribution is 2.17. The fourth-order valence-corrected chi connectivity index (χ4v) is 1.44. The van der Waals surface area contributed by atoms with E-state index in [-0.39, 0.29) is 6.54 Å². The number of hydrogen-bond donors (Lipinski definition) is 0. The number of rotatable bonds is 2. The van der Waals surface area contributed by atoms with E-state index in [9.17, 15) is 8.78 Å². The molecule has 0 aromatic heterocycles. The standard InChI is InChI=1S/C9H15F2N/c1-7-3-4-12(5-8(7)2)6-9(10)11/h9H,3-6H2,1-2H3. The van der Waals surface area contributed by atoms with Crippen molar-refractivity contribution in [2.24, 2.45) is 0 Å². The molecule has 0 bridgehead atoms. The molecule has 0 aliphatic carbocycles. The second-order valence-corrected chi connectivity index (χ2v) is 3.44. The van der Waals surface area contributed by atoms with Crippen LogP contribution < -0.4 is 0 Å². The summed E-state index contributed by atoms with van der Waals surface area (Å²) < 4.78 is 24.0. The van der Waals surface area contributed by atoms with E-state index in [1.807, 2.05) is 11.8 Å². The normalized spacial score (nSPS) is 20.8. The first kappa shape index (κ1) is 9.65. The lowest BCUT2D eigenvalue weighted by Gasteiger charge is -2.27. The number of hydrogen-bond acceptors (Lipinski definition) is 1. The first-order valence-corrected chi connectivity index (χ1v) is 4.25. The Hall–Kier alpha value is -0.440. The van der Waals surface area contributed by atoms with Crippen LogP contribution in [0.5, 0.6) is 0 Å². The van der Waals surface area contributed by atoms with Crippen LogP contribution >= 0.6 is 0 Å². The molecule has 0 N–H and O–H groups in total. The fourth-order valence-electron chi connectivity index (χ4n) is 1.44. The fraction of sp³-hybridized carbons (Fsp3) is 0.778. The second kappa shape index (κ2) is 3.99. The van der Waals surface area contributed by atoms with Crippen molar-refractivity contribution in [2.75, 3.05) is 19.6 Å². The van der Waals surface area contributed by atoms with Gasteiger partial charge in [0.1, 0.15) is 0 Å². The molecule has 0 amide bonds. The van der Waals surface area contributed by atoms with Crippen LogP contribution in [0.15, 0.2) is 11.1 Å². The second-order valence-electron chi connectivity index (χ2n) is 3.44. The predicted octanol–water partition coefficient (Wildman–Crippen LogP) is 2.29. The lowest BCUT2D eigenvalue weighted by atomic mass is 10.0. The Morgan fingerprint density at radius 1 is 1.33 bits per heavy atom. The van der Waals surface area contributed by atoms with E-state index in [0.717, 1.165) is 19.5 Å². The van der Waals surface area contributed by atoms with Gasteiger partial charge in [-0.2, -0.15) is 0 Å². The number of alkyl halides is 2. The third-order valence-corrected chi connectivity index (χ3v) is 2.39. The summed E-state index contributed by atoms with van der Waals surface area (Å²) in [4.78, 5) is 1.81. The highest BCUT2D eigenvalue weighted by atomic mass is 19.3. The van der Waals surface area contributed by atoms with E-state index < -0.39 is 6.43 Å². The smallest absolute Gasteiger partial charge is 0.251 e. The van der Waals surface area contributed by atoms with Gasteiger partial charge in [-0.05, 0) is 20.3 Å². The average Bonchev–Trinajstić information content (AvgIpc) is 1.96. The molecule has 12 heavy (non-hydrogen) atoms. The van der Waals surface area contributed by atoms with Crippen LogP contribution in [0.2, 0.25) is 0 Å². The third kappa shape index (κ3) is 2.55. The van der Waals surface area contributed by atoms with Gasteiger partial charge in [0.15, 0.2) is 0 Å². The van der Waals surface area contributed by atoms with Gasteiger partial charge in [-0.3, -0.25) is 4.90 Å². The maximum Gasteiger partial charge on any atom is 0.251 e. The molecule has 0 atom stereocenters. The summed E-state index contributed by atoms with van der Waals surface area (Å²) in [6.45, 7) is 5.52. The summed E-state index contributed by atoms with van der Waals surface area (Å²) in [5.41, 5.74) is 2.61. The molecule has 0 fully saturated rings. The van der Waals surface area contributed by atoms with Gasteiger partial charge in [0.25, 0.3) is 6.43 Å². The minimum Gasteiger partial charge on any atom is -0.293 e. The molecular weight excluding hydrogens is 160 g/mol. The molecule has 0 saturated carbocycles. The Morgan fingerprint density at radius 3 is 2.50 bits per heavy atom. The molecule has 1 rings (SSSR count). The minimum atomic E-state index is -2.20. The zero-order valence-electron chi connectivity index (χ0n) is 7.61. The first-order chi connectivity index (χ1) is 5.59. The number of halogens is 2. The van der Waals surface area contributed by atoms with Crippen molar-refractivity contribution in [1.82, 2.24) is 4.90 Å². The molecule has 0 spiro atoms. The summed E-state index contributed by atoms with van der Waals surface area (Å²) in [6, 6.07) is 0. The van der Waals surface area contributed by atoms with Gasteiger partial charge < -0.3 is 0 Å². The van der Waals surface area contributed by atoms with Crippen molar-refractivity contribution in [3.8, 4) is 0 Å². The lowest BCUT2D eigenvalue weighted by Crippen LogP contribution is -2.34. The van der Waals surface area contributed by atoms with Gasteiger partial charge in [-0.15, -0.1) is 0 Å². The highest BCUT2D eigenvalue weighted by Gasteiger charge is 2.16. The van der Waals surface area contributed by atoms with Gasteiger partial charge >= 0.3 is 0 Å². The molecule has 1 aliphatic rings. The quantitative estimate of drug-likeness (QED) is 0.582. The largest absolute Gasteiger partial charge is 0.293 e. The summed E-state index contributed by atoms with van der Waals surface area (Å²) >= 11 is 0. The maximum atomic E-state index is 12.0. The van der Waals surface area contributed by atoms with Gasteiger partial charge in [0.2, 0.25) is 0 Å². The predicted molar refractivity (Wildman–Crippen MR) is 45.4 cm³/mol. The Morgan fingerprint density at radius 2 is 2.00 bits per heavy atom. The first-order valence-electron chi connectivity index (χ1n) is 4.25. The van der Waals surface area contributed by atoms with E-state index in [2.05, 4.69) is 6.92 Å². The molecule has 0 aromatic rings. The SMILES string of the molecule is CC1=C(C)CN(CC(F)F)CC1. The molecule has 3 heteroatoms. The van der Waals surface area contributed by atoms with Crippen molar-refractivity contribution in [3.63, 3.8) is 0 Å². The molecule has 1 nitrogen and oxygen atoms in total. The van der Waals surface area contributed by atoms with Crippen LogP contribution in [0.25, 0.3) is 0 Å². The average molecular weight is 175 g/mol. The van der Waals surface area contributed by atoms with E-state index in [4.69, 9.17) is 0 Å². The van der Waals surface area contributed by atoms with Crippen LogP contribution in [0.1, 0.15) is 20.3 Å². The van der Waals surface area contributed by atoms with Gasteiger partial charge in [0.05, 0.1) is 6.54 Å². The summed E-state index contributed by atoms with van der Waals surface area (Å²) in [7, 11) is 0. The molecular formula is C9H15F2N. The molecule has 1 heterocycles. The van der Waals surface area contributed by atoms with Crippen LogP contribution in [0.3, 0.4) is 0 Å². The molecule has 0 aromatic carbocycles. The summed E-state index contributed by atoms with van der Waals surface area (Å²) in [5, 5.41) is 0. The molecule has 0 unspecified atom stereocenters. The van der Waals surface area contributed by atoms with E-state index in [0.29, 0.717) is 0 Å². The van der Waals surface area contributed by atoms with Crippen molar-refractivity contribution in [1.29, 1.82) is 0 Å². The topological polar surface area (TPSA) is 3.24 Å². The van der Waals surface area contributed by atoms with Crippen molar-refractivity contribution in [3.05, 3.63) is 11.1 Å². The summed E-state index contributed by atoms with van der Waals surface area (Å²) in [6.07, 6.45) is -1.25.